The van der Waals surface area contributed by atoms with Crippen molar-refractivity contribution in [3.8, 4) is 5.75 Å². The van der Waals surface area contributed by atoms with E-state index in [1.165, 1.54) is 0 Å². The van der Waals surface area contributed by atoms with Crippen LogP contribution in [0.3, 0.4) is 0 Å². The van der Waals surface area contributed by atoms with E-state index in [0.717, 1.165) is 5.56 Å². The molecule has 0 heterocycles. The average molecular weight is 226 g/mol. The molecule has 0 saturated carbocycles. The Morgan fingerprint density at radius 3 is 2.56 bits per heavy atom. The zero-order valence-corrected chi connectivity index (χ0v) is 9.53. The smallest absolute Gasteiger partial charge is 0.378 e. The van der Waals surface area contributed by atoms with E-state index >= 15 is 0 Å². The fraction of sp³-hybridized carbons (Fsp3) is 0.417. The molecule has 4 heteroatoms. The third-order valence-corrected chi connectivity index (χ3v) is 2.30. The minimum Gasteiger partial charge on any atom is -0.476 e. The summed E-state index contributed by atoms with van der Waals surface area (Å²) in [5.74, 6) is -1.05. The Morgan fingerprint density at radius 1 is 1.44 bits per heavy atom. The molecule has 3 nitrogen and oxygen atoms in total. The predicted octanol–water partition coefficient (Wildman–Crippen LogP) is 2.88. The molecule has 0 amide bonds. The molecule has 0 radical (unpaired) electrons. The van der Waals surface area contributed by atoms with E-state index in [0.29, 0.717) is 5.56 Å². The lowest BCUT2D eigenvalue weighted by molar-refractivity contribution is -0.153. The molecule has 0 spiro atoms. The van der Waals surface area contributed by atoms with Crippen molar-refractivity contribution < 1.29 is 19.0 Å². The maximum Gasteiger partial charge on any atom is 0.378 e. The molecule has 0 saturated heterocycles. The second-order valence-corrected chi connectivity index (χ2v) is 3.95. The first-order chi connectivity index (χ1) is 7.41. The van der Waals surface area contributed by atoms with Gasteiger partial charge in [-0.15, -0.1) is 0 Å². The Hall–Kier alpha value is -1.58. The maximum atomic E-state index is 12.9. The van der Waals surface area contributed by atoms with Gasteiger partial charge in [0.15, 0.2) is 0 Å². The van der Waals surface area contributed by atoms with Gasteiger partial charge in [-0.3, -0.25) is 0 Å². The lowest BCUT2D eigenvalue weighted by Crippen LogP contribution is -2.21. The van der Waals surface area contributed by atoms with E-state index in [2.05, 4.69) is 0 Å². The van der Waals surface area contributed by atoms with Crippen molar-refractivity contribution in [2.75, 3.05) is 0 Å². The number of alkyl halides is 1. The normalized spacial score (nSPS) is 12.6. The van der Waals surface area contributed by atoms with Crippen LogP contribution in [0.2, 0.25) is 0 Å². The predicted molar refractivity (Wildman–Crippen MR) is 58.4 cm³/mol. The largest absolute Gasteiger partial charge is 0.476 e. The van der Waals surface area contributed by atoms with Gasteiger partial charge in [-0.2, -0.15) is 4.39 Å². The van der Waals surface area contributed by atoms with Crippen LogP contribution < -0.4 is 4.74 Å². The van der Waals surface area contributed by atoms with Crippen LogP contribution in [-0.4, -0.2) is 17.4 Å². The number of hydrogen-bond acceptors (Lipinski definition) is 2. The van der Waals surface area contributed by atoms with Crippen molar-refractivity contribution in [3.05, 3.63) is 29.3 Å². The number of ether oxygens (including phenoxy) is 1. The van der Waals surface area contributed by atoms with Gasteiger partial charge in [0, 0.05) is 0 Å². The Morgan fingerprint density at radius 2 is 2.06 bits per heavy atom. The molecule has 1 aromatic rings. The summed E-state index contributed by atoms with van der Waals surface area (Å²) < 4.78 is 17.6. The number of hydrogen-bond donors (Lipinski definition) is 1. The standard InChI is InChI=1S/C12H15FO3/c1-7(2)9-5-4-8(3)10(6-9)16-11(13)12(14)15/h4-7,11H,1-3H3,(H,14,15). The minimum absolute atomic E-state index is 0.279. The number of carboxylic acids is 1. The average Bonchev–Trinajstić information content (AvgIpc) is 2.20. The van der Waals surface area contributed by atoms with Crippen molar-refractivity contribution >= 4 is 5.97 Å². The van der Waals surface area contributed by atoms with Crippen molar-refractivity contribution in [1.82, 2.24) is 0 Å². The summed E-state index contributed by atoms with van der Waals surface area (Å²) in [7, 11) is 0. The monoisotopic (exact) mass is 226 g/mol. The Labute approximate surface area is 93.9 Å². The molecule has 0 bridgehead atoms. The lowest BCUT2D eigenvalue weighted by atomic mass is 10.0. The third-order valence-electron chi connectivity index (χ3n) is 2.30. The van der Waals surface area contributed by atoms with Gasteiger partial charge in [0.1, 0.15) is 5.75 Å². The van der Waals surface area contributed by atoms with Crippen LogP contribution in [0.4, 0.5) is 4.39 Å². The molecule has 1 atom stereocenters. The molecular weight excluding hydrogens is 211 g/mol. The highest BCUT2D eigenvalue weighted by atomic mass is 19.1. The van der Waals surface area contributed by atoms with Crippen molar-refractivity contribution in [2.45, 2.75) is 33.0 Å². The first-order valence-electron chi connectivity index (χ1n) is 5.06. The van der Waals surface area contributed by atoms with E-state index in [4.69, 9.17) is 9.84 Å². The summed E-state index contributed by atoms with van der Waals surface area (Å²) in [6, 6.07) is 5.38. The van der Waals surface area contributed by atoms with Crippen LogP contribution in [0.1, 0.15) is 30.9 Å². The summed E-state index contributed by atoms with van der Waals surface area (Å²) in [6.07, 6.45) is -2.32. The van der Waals surface area contributed by atoms with Crippen molar-refractivity contribution in [1.29, 1.82) is 0 Å². The van der Waals surface area contributed by atoms with Gasteiger partial charge in [-0.05, 0) is 30.0 Å². The number of halogens is 1. The van der Waals surface area contributed by atoms with Gasteiger partial charge in [0.2, 0.25) is 0 Å². The number of rotatable bonds is 4. The second-order valence-electron chi connectivity index (χ2n) is 3.95. The molecule has 1 aromatic carbocycles. The number of aryl methyl sites for hydroxylation is 1. The number of carboxylic acid groups (broad SMARTS) is 1. The first kappa shape index (κ1) is 12.5. The summed E-state index contributed by atoms with van der Waals surface area (Å²) in [5, 5.41) is 8.41. The van der Waals surface area contributed by atoms with E-state index in [1.807, 2.05) is 19.9 Å². The SMILES string of the molecule is Cc1ccc(C(C)C)cc1OC(F)C(=O)O. The van der Waals surface area contributed by atoms with Gasteiger partial charge < -0.3 is 9.84 Å². The van der Waals surface area contributed by atoms with Crippen LogP contribution in [0, 0.1) is 6.92 Å². The summed E-state index contributed by atoms with van der Waals surface area (Å²) in [4.78, 5) is 10.3. The molecule has 1 N–H and O–H groups in total. The lowest BCUT2D eigenvalue weighted by Gasteiger charge is -2.13. The summed E-state index contributed by atoms with van der Waals surface area (Å²) in [5.41, 5.74) is 1.70. The maximum absolute atomic E-state index is 12.9. The molecule has 0 aliphatic heterocycles. The van der Waals surface area contributed by atoms with E-state index < -0.39 is 12.3 Å². The highest BCUT2D eigenvalue weighted by Gasteiger charge is 2.18. The van der Waals surface area contributed by atoms with Gasteiger partial charge in [-0.25, -0.2) is 4.79 Å². The van der Waals surface area contributed by atoms with Gasteiger partial charge >= 0.3 is 12.3 Å². The van der Waals surface area contributed by atoms with Crippen molar-refractivity contribution in [3.63, 3.8) is 0 Å². The van der Waals surface area contributed by atoms with Crippen molar-refractivity contribution in [2.24, 2.45) is 0 Å². The van der Waals surface area contributed by atoms with E-state index in [1.54, 1.807) is 19.1 Å². The summed E-state index contributed by atoms with van der Waals surface area (Å²) in [6.45, 7) is 5.74. The summed E-state index contributed by atoms with van der Waals surface area (Å²) >= 11 is 0. The Bertz CT molecular complexity index is 388. The number of benzene rings is 1. The fourth-order valence-electron chi connectivity index (χ4n) is 1.26. The van der Waals surface area contributed by atoms with Gasteiger partial charge in [0.05, 0.1) is 0 Å². The van der Waals surface area contributed by atoms with Gasteiger partial charge in [0.25, 0.3) is 0 Å². The van der Waals surface area contributed by atoms with Crippen LogP contribution in [-0.2, 0) is 4.79 Å². The molecule has 88 valence electrons. The van der Waals surface area contributed by atoms with Crippen LogP contribution >= 0.6 is 0 Å². The Kier molecular flexibility index (Phi) is 3.88. The molecule has 1 rings (SSSR count). The van der Waals surface area contributed by atoms with Crippen LogP contribution in [0.15, 0.2) is 18.2 Å². The second kappa shape index (κ2) is 4.96. The zero-order valence-electron chi connectivity index (χ0n) is 9.53. The first-order valence-corrected chi connectivity index (χ1v) is 5.06. The number of carbonyl (C=O) groups is 1. The molecular formula is C12H15FO3. The fourth-order valence-corrected chi connectivity index (χ4v) is 1.26. The quantitative estimate of drug-likeness (QED) is 0.858. The molecule has 0 fully saturated rings. The highest BCUT2D eigenvalue weighted by molar-refractivity contribution is 5.71. The Balaban J connectivity index is 2.94. The van der Waals surface area contributed by atoms with Gasteiger partial charge in [-0.1, -0.05) is 26.0 Å². The molecule has 0 aromatic heterocycles. The zero-order chi connectivity index (χ0) is 12.3. The number of aliphatic carboxylic acids is 1. The topological polar surface area (TPSA) is 46.5 Å². The minimum atomic E-state index is -2.32. The van der Waals surface area contributed by atoms with E-state index in [9.17, 15) is 9.18 Å². The van der Waals surface area contributed by atoms with Crippen LogP contribution in [0.25, 0.3) is 0 Å². The van der Waals surface area contributed by atoms with E-state index in [-0.39, 0.29) is 11.7 Å². The third kappa shape index (κ3) is 2.95. The molecule has 1 unspecified atom stereocenters. The van der Waals surface area contributed by atoms with Crippen LogP contribution in [0.5, 0.6) is 5.75 Å². The molecule has 0 aliphatic rings. The highest BCUT2D eigenvalue weighted by Crippen LogP contribution is 2.25. The molecule has 0 aliphatic carbocycles. The molecule has 16 heavy (non-hydrogen) atoms.